The van der Waals surface area contributed by atoms with Crippen molar-refractivity contribution in [3.8, 4) is 11.8 Å². The normalized spacial score (nSPS) is 9.75. The highest BCUT2D eigenvalue weighted by Crippen LogP contribution is 2.17. The number of hydrogen-bond acceptors (Lipinski definition) is 4. The zero-order valence-corrected chi connectivity index (χ0v) is 11.2. The molecule has 0 aliphatic carbocycles. The van der Waals surface area contributed by atoms with Gasteiger partial charge in [0.2, 0.25) is 5.76 Å². The fraction of sp³-hybridized carbons (Fsp3) is 0.200. The summed E-state index contributed by atoms with van der Waals surface area (Å²) in [5.41, 5.74) is 2.92. The molecular weight excluding hydrogens is 256 g/mol. The van der Waals surface area contributed by atoms with Crippen LogP contribution in [0.4, 0.5) is 5.69 Å². The number of nitrogens with zero attached hydrogens (tertiary/aromatic N) is 1. The summed E-state index contributed by atoms with van der Waals surface area (Å²) in [4.78, 5) is 12.0. The summed E-state index contributed by atoms with van der Waals surface area (Å²) in [6, 6.07) is 6.99. The molecule has 0 spiro atoms. The van der Waals surface area contributed by atoms with E-state index in [1.807, 2.05) is 19.1 Å². The molecule has 0 atom stereocenters. The number of anilines is 1. The van der Waals surface area contributed by atoms with E-state index in [0.29, 0.717) is 16.9 Å². The molecule has 0 unspecified atom stereocenters. The maximum Gasteiger partial charge on any atom is 0.294 e. The second-order valence-corrected chi connectivity index (χ2v) is 4.28. The van der Waals surface area contributed by atoms with Gasteiger partial charge in [-0.2, -0.15) is 0 Å². The Hall–Kier alpha value is -2.58. The smallest absolute Gasteiger partial charge is 0.294 e. The van der Waals surface area contributed by atoms with Crippen molar-refractivity contribution < 1.29 is 14.4 Å². The molecule has 0 bridgehead atoms. The van der Waals surface area contributed by atoms with Crippen LogP contribution in [-0.4, -0.2) is 22.8 Å². The van der Waals surface area contributed by atoms with Gasteiger partial charge in [0.05, 0.1) is 5.69 Å². The largest absolute Gasteiger partial charge is 0.384 e. The van der Waals surface area contributed by atoms with Crippen molar-refractivity contribution in [2.24, 2.45) is 0 Å². The molecule has 2 aromatic rings. The third-order valence-electron chi connectivity index (χ3n) is 2.65. The van der Waals surface area contributed by atoms with Crippen LogP contribution in [0.25, 0.3) is 0 Å². The van der Waals surface area contributed by atoms with E-state index in [9.17, 15) is 4.79 Å². The minimum Gasteiger partial charge on any atom is -0.384 e. The number of amides is 1. The fourth-order valence-electron chi connectivity index (χ4n) is 1.63. The highest BCUT2D eigenvalue weighted by atomic mass is 16.5. The maximum absolute atomic E-state index is 12.0. The number of aryl methyl sites for hydroxylation is 2. The van der Waals surface area contributed by atoms with Gasteiger partial charge in [-0.15, -0.1) is 0 Å². The van der Waals surface area contributed by atoms with Crippen molar-refractivity contribution >= 4 is 11.6 Å². The summed E-state index contributed by atoms with van der Waals surface area (Å²) >= 11 is 0. The number of nitrogens with one attached hydrogen (secondary N) is 1. The highest BCUT2D eigenvalue weighted by molar-refractivity contribution is 6.02. The van der Waals surface area contributed by atoms with Crippen LogP contribution in [0, 0.1) is 25.7 Å². The second kappa shape index (κ2) is 6.04. The van der Waals surface area contributed by atoms with Crippen molar-refractivity contribution in [3.05, 3.63) is 46.8 Å². The number of aliphatic hydroxyl groups excluding tert-OH is 1. The molecule has 20 heavy (non-hydrogen) atoms. The fourth-order valence-corrected chi connectivity index (χ4v) is 1.63. The van der Waals surface area contributed by atoms with Gasteiger partial charge in [0.25, 0.3) is 5.91 Å². The zero-order valence-electron chi connectivity index (χ0n) is 11.2. The lowest BCUT2D eigenvalue weighted by atomic mass is 10.1. The number of benzene rings is 1. The molecule has 0 aliphatic rings. The van der Waals surface area contributed by atoms with E-state index in [4.69, 9.17) is 9.63 Å². The standard InChI is InChI=1S/C15H14N2O3/c1-10-5-6-12(4-3-7-18)9-13(10)16-15(19)14-8-11(2)17-20-14/h5-6,8-9,18H,7H2,1-2H3,(H,16,19). The van der Waals surface area contributed by atoms with Gasteiger partial charge < -0.3 is 14.9 Å². The number of carbonyl (C=O) groups excluding carboxylic acids is 1. The molecular formula is C15H14N2O3. The molecule has 102 valence electrons. The highest BCUT2D eigenvalue weighted by Gasteiger charge is 2.12. The molecule has 1 amide bonds. The number of aliphatic hydroxyl groups is 1. The van der Waals surface area contributed by atoms with E-state index in [0.717, 1.165) is 5.56 Å². The van der Waals surface area contributed by atoms with Gasteiger partial charge in [0, 0.05) is 17.3 Å². The van der Waals surface area contributed by atoms with Crippen LogP contribution in [0.3, 0.4) is 0 Å². The molecule has 2 rings (SSSR count). The van der Waals surface area contributed by atoms with E-state index in [1.54, 1.807) is 19.1 Å². The van der Waals surface area contributed by atoms with E-state index in [1.165, 1.54) is 0 Å². The summed E-state index contributed by atoms with van der Waals surface area (Å²) in [6.07, 6.45) is 0. The Morgan fingerprint density at radius 1 is 1.40 bits per heavy atom. The summed E-state index contributed by atoms with van der Waals surface area (Å²) < 4.78 is 4.91. The first-order chi connectivity index (χ1) is 9.60. The summed E-state index contributed by atoms with van der Waals surface area (Å²) in [6.45, 7) is 3.42. The third kappa shape index (κ3) is 3.25. The summed E-state index contributed by atoms with van der Waals surface area (Å²) in [7, 11) is 0. The van der Waals surface area contributed by atoms with Crippen LogP contribution >= 0.6 is 0 Å². The molecule has 2 N–H and O–H groups in total. The van der Waals surface area contributed by atoms with Gasteiger partial charge in [-0.3, -0.25) is 4.79 Å². The minimum absolute atomic E-state index is 0.161. The predicted molar refractivity (Wildman–Crippen MR) is 74.3 cm³/mol. The first-order valence-corrected chi connectivity index (χ1v) is 6.05. The van der Waals surface area contributed by atoms with Crippen molar-refractivity contribution in [1.29, 1.82) is 0 Å². The molecule has 1 heterocycles. The molecule has 0 saturated heterocycles. The summed E-state index contributed by atoms with van der Waals surface area (Å²) in [5.74, 6) is 5.16. The lowest BCUT2D eigenvalue weighted by Gasteiger charge is -2.07. The van der Waals surface area contributed by atoms with Gasteiger partial charge in [-0.1, -0.05) is 23.1 Å². The molecule has 0 fully saturated rings. The van der Waals surface area contributed by atoms with Gasteiger partial charge >= 0.3 is 0 Å². The van der Waals surface area contributed by atoms with E-state index >= 15 is 0 Å². The first kappa shape index (κ1) is 13.8. The van der Waals surface area contributed by atoms with E-state index in [-0.39, 0.29) is 18.3 Å². The minimum atomic E-state index is -0.360. The van der Waals surface area contributed by atoms with Crippen LogP contribution in [-0.2, 0) is 0 Å². The molecule has 1 aromatic carbocycles. The van der Waals surface area contributed by atoms with Crippen LogP contribution in [0.15, 0.2) is 28.8 Å². The number of rotatable bonds is 2. The Balaban J connectivity index is 2.22. The summed E-state index contributed by atoms with van der Waals surface area (Å²) in [5, 5.41) is 15.1. The second-order valence-electron chi connectivity index (χ2n) is 4.28. The van der Waals surface area contributed by atoms with Crippen LogP contribution in [0.2, 0.25) is 0 Å². The molecule has 0 aliphatic heterocycles. The molecule has 5 heteroatoms. The Morgan fingerprint density at radius 3 is 2.85 bits per heavy atom. The van der Waals surface area contributed by atoms with Gasteiger partial charge in [-0.05, 0) is 31.5 Å². The number of carbonyl (C=O) groups is 1. The van der Waals surface area contributed by atoms with E-state index < -0.39 is 0 Å². The van der Waals surface area contributed by atoms with Gasteiger partial charge in [0.1, 0.15) is 6.61 Å². The Bertz CT molecular complexity index is 693. The Labute approximate surface area is 116 Å². The Morgan fingerprint density at radius 2 is 2.20 bits per heavy atom. The van der Waals surface area contributed by atoms with Crippen molar-refractivity contribution in [2.45, 2.75) is 13.8 Å². The SMILES string of the molecule is Cc1cc(C(=O)Nc2cc(C#CCO)ccc2C)on1. The molecule has 0 radical (unpaired) electrons. The average molecular weight is 270 g/mol. The quantitative estimate of drug-likeness (QED) is 0.817. The van der Waals surface area contributed by atoms with Crippen molar-refractivity contribution in [2.75, 3.05) is 11.9 Å². The zero-order chi connectivity index (χ0) is 14.5. The monoisotopic (exact) mass is 270 g/mol. The van der Waals surface area contributed by atoms with Gasteiger partial charge in [-0.25, -0.2) is 0 Å². The average Bonchev–Trinajstić information content (AvgIpc) is 2.86. The number of hydrogen-bond donors (Lipinski definition) is 2. The van der Waals surface area contributed by atoms with Crippen LogP contribution in [0.5, 0.6) is 0 Å². The first-order valence-electron chi connectivity index (χ1n) is 6.05. The molecule has 1 aromatic heterocycles. The van der Waals surface area contributed by atoms with Crippen LogP contribution < -0.4 is 5.32 Å². The predicted octanol–water partition coefficient (Wildman–Crippen LogP) is 1.89. The van der Waals surface area contributed by atoms with Crippen molar-refractivity contribution in [3.63, 3.8) is 0 Å². The molecule has 5 nitrogen and oxygen atoms in total. The lowest BCUT2D eigenvalue weighted by molar-refractivity contribution is 0.0988. The van der Waals surface area contributed by atoms with Gasteiger partial charge in [0.15, 0.2) is 0 Å². The van der Waals surface area contributed by atoms with E-state index in [2.05, 4.69) is 22.3 Å². The third-order valence-corrected chi connectivity index (χ3v) is 2.65. The lowest BCUT2D eigenvalue weighted by Crippen LogP contribution is -2.12. The van der Waals surface area contributed by atoms with Crippen LogP contribution in [0.1, 0.15) is 27.4 Å². The molecule has 0 saturated carbocycles. The van der Waals surface area contributed by atoms with Crippen molar-refractivity contribution in [1.82, 2.24) is 5.16 Å². The Kier molecular flexibility index (Phi) is 4.18. The maximum atomic E-state index is 12.0. The topological polar surface area (TPSA) is 75.4 Å². The number of aromatic nitrogens is 1.